The van der Waals surface area contributed by atoms with Crippen LogP contribution in [-0.2, 0) is 11.2 Å². The number of aliphatic carboxylic acids is 1. The third kappa shape index (κ3) is 3.85. The third-order valence-corrected chi connectivity index (χ3v) is 3.24. The molecule has 0 heterocycles. The molecular formula is C17H17NO4. The van der Waals surface area contributed by atoms with Crippen molar-refractivity contribution in [1.29, 1.82) is 0 Å². The number of nitrogens with one attached hydrogen (secondary N) is 1. The number of carbonyl (C=O) groups is 2. The van der Waals surface area contributed by atoms with Crippen LogP contribution in [0.2, 0.25) is 0 Å². The summed E-state index contributed by atoms with van der Waals surface area (Å²) in [5, 5.41) is 11.5. The summed E-state index contributed by atoms with van der Waals surface area (Å²) in [6, 6.07) is 12.0. The number of benzene rings is 2. The lowest BCUT2D eigenvalue weighted by Gasteiger charge is -2.09. The summed E-state index contributed by atoms with van der Waals surface area (Å²) in [7, 11) is 1.56. The molecule has 5 nitrogen and oxygen atoms in total. The van der Waals surface area contributed by atoms with Gasteiger partial charge in [0.1, 0.15) is 5.75 Å². The molecule has 0 aliphatic heterocycles. The zero-order chi connectivity index (χ0) is 16.1. The van der Waals surface area contributed by atoms with Crippen LogP contribution in [0.15, 0.2) is 42.5 Å². The van der Waals surface area contributed by atoms with Gasteiger partial charge in [-0.25, -0.2) is 0 Å². The van der Waals surface area contributed by atoms with Gasteiger partial charge in [0.15, 0.2) is 0 Å². The first-order valence-corrected chi connectivity index (χ1v) is 6.76. The Morgan fingerprint density at radius 2 is 1.82 bits per heavy atom. The molecule has 5 heteroatoms. The van der Waals surface area contributed by atoms with E-state index in [1.165, 1.54) is 0 Å². The molecule has 1 amide bonds. The Bertz CT molecular complexity index is 692. The van der Waals surface area contributed by atoms with Gasteiger partial charge in [-0.2, -0.15) is 0 Å². The molecule has 0 radical (unpaired) electrons. The summed E-state index contributed by atoms with van der Waals surface area (Å²) >= 11 is 0. The second kappa shape index (κ2) is 6.76. The SMILES string of the molecule is COc1cc(C(=O)Nc2ccc(CC(=O)O)cc2)ccc1C. The molecule has 0 saturated carbocycles. The minimum Gasteiger partial charge on any atom is -0.496 e. The fourth-order valence-electron chi connectivity index (χ4n) is 2.05. The first kappa shape index (κ1) is 15.6. The van der Waals surface area contributed by atoms with Crippen LogP contribution in [0.5, 0.6) is 5.75 Å². The number of hydrogen-bond acceptors (Lipinski definition) is 3. The second-order valence-electron chi connectivity index (χ2n) is 4.91. The zero-order valence-electron chi connectivity index (χ0n) is 12.4. The van der Waals surface area contributed by atoms with Crippen molar-refractivity contribution in [3.05, 3.63) is 59.2 Å². The molecule has 0 aliphatic carbocycles. The Kier molecular flexibility index (Phi) is 4.78. The molecule has 2 rings (SSSR count). The summed E-state index contributed by atoms with van der Waals surface area (Å²) in [5.41, 5.74) is 2.75. The predicted molar refractivity (Wildman–Crippen MR) is 83.5 cm³/mol. The predicted octanol–water partition coefficient (Wildman–Crippen LogP) is 2.88. The van der Waals surface area contributed by atoms with E-state index in [9.17, 15) is 9.59 Å². The highest BCUT2D eigenvalue weighted by atomic mass is 16.5. The standard InChI is InChI=1S/C17H17NO4/c1-11-3-6-13(10-15(11)22-2)17(21)18-14-7-4-12(5-8-14)9-16(19)20/h3-8,10H,9H2,1-2H3,(H,18,21)(H,19,20). The summed E-state index contributed by atoms with van der Waals surface area (Å²) in [6.45, 7) is 1.90. The molecule has 114 valence electrons. The normalized spacial score (nSPS) is 10.1. The van der Waals surface area contributed by atoms with Crippen LogP contribution in [0.4, 0.5) is 5.69 Å². The number of ether oxygens (including phenoxy) is 1. The van der Waals surface area contributed by atoms with Gasteiger partial charge in [0, 0.05) is 11.3 Å². The molecule has 0 atom stereocenters. The zero-order valence-corrected chi connectivity index (χ0v) is 12.4. The van der Waals surface area contributed by atoms with Crippen LogP contribution in [0.3, 0.4) is 0 Å². The molecule has 0 bridgehead atoms. The summed E-state index contributed by atoms with van der Waals surface area (Å²) < 4.78 is 5.20. The Labute approximate surface area is 128 Å². The summed E-state index contributed by atoms with van der Waals surface area (Å²) in [5.74, 6) is -0.475. The van der Waals surface area contributed by atoms with Gasteiger partial charge in [0.2, 0.25) is 0 Å². The van der Waals surface area contributed by atoms with Crippen molar-refractivity contribution >= 4 is 17.6 Å². The van der Waals surface area contributed by atoms with Gasteiger partial charge >= 0.3 is 5.97 Å². The Morgan fingerprint density at radius 3 is 2.41 bits per heavy atom. The Balaban J connectivity index is 2.10. The quantitative estimate of drug-likeness (QED) is 0.890. The van der Waals surface area contributed by atoms with Crippen molar-refractivity contribution in [1.82, 2.24) is 0 Å². The molecule has 0 aromatic heterocycles. The number of anilines is 1. The smallest absolute Gasteiger partial charge is 0.307 e. The van der Waals surface area contributed by atoms with Crippen molar-refractivity contribution in [3.63, 3.8) is 0 Å². The number of carbonyl (C=O) groups excluding carboxylic acids is 1. The number of carboxylic acid groups (broad SMARTS) is 1. The topological polar surface area (TPSA) is 75.6 Å². The molecule has 0 spiro atoms. The van der Waals surface area contributed by atoms with Gasteiger partial charge < -0.3 is 15.2 Å². The number of carboxylic acids is 1. The maximum atomic E-state index is 12.2. The lowest BCUT2D eigenvalue weighted by molar-refractivity contribution is -0.136. The highest BCUT2D eigenvalue weighted by Gasteiger charge is 2.09. The average Bonchev–Trinajstić information content (AvgIpc) is 2.49. The van der Waals surface area contributed by atoms with Gasteiger partial charge in [0.25, 0.3) is 5.91 Å². The summed E-state index contributed by atoms with van der Waals surface area (Å²) in [6.07, 6.45) is -0.0383. The van der Waals surface area contributed by atoms with Gasteiger partial charge in [0.05, 0.1) is 13.5 Å². The van der Waals surface area contributed by atoms with Crippen LogP contribution < -0.4 is 10.1 Å². The van der Waals surface area contributed by atoms with E-state index in [1.54, 1.807) is 43.5 Å². The van der Waals surface area contributed by atoms with Crippen molar-refractivity contribution in [2.45, 2.75) is 13.3 Å². The third-order valence-electron chi connectivity index (χ3n) is 3.24. The lowest BCUT2D eigenvalue weighted by Crippen LogP contribution is -2.12. The fourth-order valence-corrected chi connectivity index (χ4v) is 2.05. The van der Waals surface area contributed by atoms with E-state index in [4.69, 9.17) is 9.84 Å². The second-order valence-corrected chi connectivity index (χ2v) is 4.91. The van der Waals surface area contributed by atoms with E-state index in [0.29, 0.717) is 22.6 Å². The van der Waals surface area contributed by atoms with Gasteiger partial charge in [-0.1, -0.05) is 18.2 Å². The maximum absolute atomic E-state index is 12.2. The average molecular weight is 299 g/mol. The van der Waals surface area contributed by atoms with Crippen LogP contribution in [-0.4, -0.2) is 24.1 Å². The van der Waals surface area contributed by atoms with E-state index >= 15 is 0 Å². The first-order valence-electron chi connectivity index (χ1n) is 6.76. The van der Waals surface area contributed by atoms with E-state index in [0.717, 1.165) is 5.56 Å². The molecule has 0 saturated heterocycles. The highest BCUT2D eigenvalue weighted by Crippen LogP contribution is 2.20. The fraction of sp³-hybridized carbons (Fsp3) is 0.176. The van der Waals surface area contributed by atoms with E-state index < -0.39 is 5.97 Å². The highest BCUT2D eigenvalue weighted by molar-refractivity contribution is 6.04. The Hall–Kier alpha value is -2.82. The van der Waals surface area contributed by atoms with Crippen molar-refractivity contribution in [2.24, 2.45) is 0 Å². The number of rotatable bonds is 5. The van der Waals surface area contributed by atoms with Gasteiger partial charge in [-0.15, -0.1) is 0 Å². The lowest BCUT2D eigenvalue weighted by atomic mass is 10.1. The number of aryl methyl sites for hydroxylation is 1. The van der Waals surface area contributed by atoms with Crippen molar-refractivity contribution < 1.29 is 19.4 Å². The van der Waals surface area contributed by atoms with Crippen molar-refractivity contribution in [2.75, 3.05) is 12.4 Å². The minimum atomic E-state index is -0.886. The van der Waals surface area contributed by atoms with Crippen LogP contribution in [0.25, 0.3) is 0 Å². The molecular weight excluding hydrogens is 282 g/mol. The van der Waals surface area contributed by atoms with Crippen LogP contribution in [0, 0.1) is 6.92 Å². The molecule has 0 fully saturated rings. The number of hydrogen-bond donors (Lipinski definition) is 2. The molecule has 0 unspecified atom stereocenters. The molecule has 2 aromatic carbocycles. The Morgan fingerprint density at radius 1 is 1.14 bits per heavy atom. The number of methoxy groups -OCH3 is 1. The molecule has 2 aromatic rings. The van der Waals surface area contributed by atoms with Gasteiger partial charge in [-0.05, 0) is 42.3 Å². The monoisotopic (exact) mass is 299 g/mol. The van der Waals surface area contributed by atoms with Crippen molar-refractivity contribution in [3.8, 4) is 5.75 Å². The molecule has 2 N–H and O–H groups in total. The van der Waals surface area contributed by atoms with Crippen LogP contribution in [0.1, 0.15) is 21.5 Å². The van der Waals surface area contributed by atoms with E-state index in [1.807, 2.05) is 13.0 Å². The van der Waals surface area contributed by atoms with E-state index in [2.05, 4.69) is 5.32 Å². The number of amides is 1. The molecule has 0 aliphatic rings. The van der Waals surface area contributed by atoms with Crippen LogP contribution >= 0.6 is 0 Å². The molecule has 22 heavy (non-hydrogen) atoms. The minimum absolute atomic E-state index is 0.0383. The largest absolute Gasteiger partial charge is 0.496 e. The van der Waals surface area contributed by atoms with Gasteiger partial charge in [-0.3, -0.25) is 9.59 Å². The first-order chi connectivity index (χ1) is 10.5. The maximum Gasteiger partial charge on any atom is 0.307 e. The van der Waals surface area contributed by atoms with E-state index in [-0.39, 0.29) is 12.3 Å². The summed E-state index contributed by atoms with van der Waals surface area (Å²) in [4.78, 5) is 22.8.